The van der Waals surface area contributed by atoms with E-state index in [1.165, 1.54) is 21.3 Å². The van der Waals surface area contributed by atoms with Crippen molar-refractivity contribution in [3.05, 3.63) is 77.1 Å². The standard InChI is InChI=1S/C30H34ClN3O5/c1-36-26-19-21(20-27(37-2)29(26)38-3)30(35)32-16-10-15-28-33-23-12-5-6-13-24(23)34(28)17-8-9-18-39-25-14-7-4-11-22(25)31/h4-7,11-14,19-20H,8-10,15-18H2,1-3H3,(H,32,35). The number of carbonyl (C=O) groups excluding carboxylic acids is 1. The molecule has 1 heterocycles. The molecule has 9 heteroatoms. The summed E-state index contributed by atoms with van der Waals surface area (Å²) in [7, 11) is 4.58. The Labute approximate surface area is 233 Å². The molecule has 4 aromatic rings. The van der Waals surface area contributed by atoms with Gasteiger partial charge in [0.1, 0.15) is 11.6 Å². The number of halogens is 1. The number of rotatable bonds is 14. The number of benzene rings is 3. The first kappa shape index (κ1) is 28.1. The van der Waals surface area contributed by atoms with Crippen molar-refractivity contribution in [2.24, 2.45) is 0 Å². The smallest absolute Gasteiger partial charge is 0.251 e. The van der Waals surface area contributed by atoms with E-state index < -0.39 is 0 Å². The van der Waals surface area contributed by atoms with E-state index >= 15 is 0 Å². The molecule has 0 spiro atoms. The first-order valence-electron chi connectivity index (χ1n) is 13.0. The van der Waals surface area contributed by atoms with Gasteiger partial charge >= 0.3 is 0 Å². The highest BCUT2D eigenvalue weighted by atomic mass is 35.5. The van der Waals surface area contributed by atoms with Gasteiger partial charge in [0.2, 0.25) is 5.75 Å². The number of nitrogens with zero attached hydrogens (tertiary/aromatic N) is 2. The van der Waals surface area contributed by atoms with Crippen LogP contribution in [0.3, 0.4) is 0 Å². The van der Waals surface area contributed by atoms with Crippen molar-refractivity contribution >= 4 is 28.5 Å². The molecule has 0 fully saturated rings. The molecule has 206 valence electrons. The number of methoxy groups -OCH3 is 3. The molecule has 0 saturated carbocycles. The fraction of sp³-hybridized carbons (Fsp3) is 0.333. The van der Waals surface area contributed by atoms with Crippen LogP contribution >= 0.6 is 11.6 Å². The van der Waals surface area contributed by atoms with Crippen LogP contribution in [0.1, 0.15) is 35.4 Å². The summed E-state index contributed by atoms with van der Waals surface area (Å²) >= 11 is 6.18. The van der Waals surface area contributed by atoms with Crippen LogP contribution in [0.25, 0.3) is 11.0 Å². The zero-order chi connectivity index (χ0) is 27.6. The van der Waals surface area contributed by atoms with Gasteiger partial charge in [-0.05, 0) is 55.7 Å². The van der Waals surface area contributed by atoms with E-state index in [0.717, 1.165) is 49.1 Å². The SMILES string of the molecule is COc1cc(C(=O)NCCCc2nc3ccccc3n2CCCCOc2ccccc2Cl)cc(OC)c1OC. The van der Waals surface area contributed by atoms with Crippen molar-refractivity contribution in [1.29, 1.82) is 0 Å². The third kappa shape index (κ3) is 6.95. The summed E-state index contributed by atoms with van der Waals surface area (Å²) in [6.07, 6.45) is 3.31. The van der Waals surface area contributed by atoms with Crippen molar-refractivity contribution in [3.63, 3.8) is 0 Å². The molecule has 0 aliphatic heterocycles. The van der Waals surface area contributed by atoms with Crippen LogP contribution in [0.2, 0.25) is 5.02 Å². The average Bonchev–Trinajstić information content (AvgIpc) is 3.32. The molecule has 0 unspecified atom stereocenters. The van der Waals surface area contributed by atoms with Gasteiger partial charge in [-0.3, -0.25) is 4.79 Å². The Balaban J connectivity index is 1.32. The molecule has 39 heavy (non-hydrogen) atoms. The van der Waals surface area contributed by atoms with Gasteiger partial charge < -0.3 is 28.8 Å². The summed E-state index contributed by atoms with van der Waals surface area (Å²) in [5.74, 6) is 2.83. The minimum atomic E-state index is -0.207. The summed E-state index contributed by atoms with van der Waals surface area (Å²) < 4.78 is 24.2. The van der Waals surface area contributed by atoms with Crippen molar-refractivity contribution < 1.29 is 23.7 Å². The molecule has 0 bridgehead atoms. The predicted octanol–water partition coefficient (Wildman–Crippen LogP) is 5.94. The van der Waals surface area contributed by atoms with Crippen molar-refractivity contribution in [2.45, 2.75) is 32.2 Å². The summed E-state index contributed by atoms with van der Waals surface area (Å²) in [6, 6.07) is 19.0. The minimum absolute atomic E-state index is 0.207. The molecular weight excluding hydrogens is 518 g/mol. The lowest BCUT2D eigenvalue weighted by atomic mass is 10.1. The number of hydrogen-bond acceptors (Lipinski definition) is 6. The van der Waals surface area contributed by atoms with Gasteiger partial charge in [-0.1, -0.05) is 35.9 Å². The first-order valence-corrected chi connectivity index (χ1v) is 13.3. The van der Waals surface area contributed by atoms with Gasteiger partial charge in [0, 0.05) is 25.1 Å². The van der Waals surface area contributed by atoms with Crippen LogP contribution in [-0.2, 0) is 13.0 Å². The molecule has 0 radical (unpaired) electrons. The summed E-state index contributed by atoms with van der Waals surface area (Å²) in [5.41, 5.74) is 2.53. The maximum Gasteiger partial charge on any atom is 0.251 e. The van der Waals surface area contributed by atoms with Crippen LogP contribution in [0.5, 0.6) is 23.0 Å². The number of aromatic nitrogens is 2. The monoisotopic (exact) mass is 551 g/mol. The van der Waals surface area contributed by atoms with Crippen LogP contribution < -0.4 is 24.3 Å². The van der Waals surface area contributed by atoms with E-state index in [9.17, 15) is 4.79 Å². The number of hydrogen-bond donors (Lipinski definition) is 1. The second-order valence-electron chi connectivity index (χ2n) is 8.93. The van der Waals surface area contributed by atoms with Crippen LogP contribution in [-0.4, -0.2) is 49.9 Å². The quantitative estimate of drug-likeness (QED) is 0.195. The molecule has 1 aromatic heterocycles. The zero-order valence-electron chi connectivity index (χ0n) is 22.5. The molecule has 0 saturated heterocycles. The normalized spacial score (nSPS) is 10.9. The van der Waals surface area contributed by atoms with Gasteiger partial charge in [-0.2, -0.15) is 0 Å². The number of nitrogens with one attached hydrogen (secondary N) is 1. The van der Waals surface area contributed by atoms with Crippen LogP contribution in [0, 0.1) is 0 Å². The fourth-order valence-electron chi connectivity index (χ4n) is 4.44. The Morgan fingerprint density at radius 3 is 2.33 bits per heavy atom. The van der Waals surface area contributed by atoms with E-state index in [2.05, 4.69) is 16.0 Å². The second-order valence-corrected chi connectivity index (χ2v) is 9.34. The number of imidazole rings is 1. The predicted molar refractivity (Wildman–Crippen MR) is 153 cm³/mol. The molecule has 4 rings (SSSR count). The first-order chi connectivity index (χ1) is 19.0. The molecule has 0 aliphatic carbocycles. The van der Waals surface area contributed by atoms with Gasteiger partial charge in [0.15, 0.2) is 11.5 Å². The average molecular weight is 552 g/mol. The Morgan fingerprint density at radius 1 is 0.897 bits per heavy atom. The van der Waals surface area contributed by atoms with Gasteiger partial charge in [-0.15, -0.1) is 0 Å². The number of unbranched alkanes of at least 4 members (excludes halogenated alkanes) is 1. The number of ether oxygens (including phenoxy) is 4. The number of para-hydroxylation sites is 3. The number of fused-ring (bicyclic) bond motifs is 1. The third-order valence-corrected chi connectivity index (χ3v) is 6.71. The molecule has 1 amide bonds. The highest BCUT2D eigenvalue weighted by Crippen LogP contribution is 2.38. The summed E-state index contributed by atoms with van der Waals surface area (Å²) in [5, 5.41) is 3.61. The number of aryl methyl sites for hydroxylation is 2. The summed E-state index contributed by atoms with van der Waals surface area (Å²) in [6.45, 7) is 1.93. The van der Waals surface area contributed by atoms with E-state index in [-0.39, 0.29) is 5.91 Å². The number of carbonyl (C=O) groups is 1. The largest absolute Gasteiger partial charge is 0.493 e. The van der Waals surface area contributed by atoms with Gasteiger partial charge in [0.05, 0.1) is 44.0 Å². The van der Waals surface area contributed by atoms with E-state index in [4.69, 9.17) is 35.5 Å². The van der Waals surface area contributed by atoms with E-state index in [1.54, 1.807) is 12.1 Å². The summed E-state index contributed by atoms with van der Waals surface area (Å²) in [4.78, 5) is 17.7. The maximum atomic E-state index is 12.8. The Hall–Kier alpha value is -3.91. The third-order valence-electron chi connectivity index (χ3n) is 6.39. The van der Waals surface area contributed by atoms with Gasteiger partial charge in [-0.25, -0.2) is 4.98 Å². The molecule has 0 atom stereocenters. The fourth-order valence-corrected chi connectivity index (χ4v) is 4.63. The highest BCUT2D eigenvalue weighted by molar-refractivity contribution is 6.32. The second kappa shape index (κ2) is 13.8. The van der Waals surface area contributed by atoms with E-state index in [1.807, 2.05) is 42.5 Å². The topological polar surface area (TPSA) is 83.8 Å². The Bertz CT molecular complexity index is 1380. The zero-order valence-corrected chi connectivity index (χ0v) is 23.3. The molecule has 1 N–H and O–H groups in total. The van der Waals surface area contributed by atoms with Crippen LogP contribution in [0.4, 0.5) is 0 Å². The van der Waals surface area contributed by atoms with Crippen molar-refractivity contribution in [3.8, 4) is 23.0 Å². The minimum Gasteiger partial charge on any atom is -0.493 e. The van der Waals surface area contributed by atoms with E-state index in [0.29, 0.717) is 46.7 Å². The van der Waals surface area contributed by atoms with Crippen LogP contribution in [0.15, 0.2) is 60.7 Å². The molecule has 0 aliphatic rings. The maximum absolute atomic E-state index is 12.8. The lowest BCUT2D eigenvalue weighted by molar-refractivity contribution is 0.0952. The van der Waals surface area contributed by atoms with Gasteiger partial charge in [0.25, 0.3) is 5.91 Å². The Kier molecular flexibility index (Phi) is 9.91. The highest BCUT2D eigenvalue weighted by Gasteiger charge is 2.17. The molecular formula is C30H34ClN3O5. The lowest BCUT2D eigenvalue weighted by Gasteiger charge is -2.14. The van der Waals surface area contributed by atoms with Crippen molar-refractivity contribution in [2.75, 3.05) is 34.5 Å². The molecule has 8 nitrogen and oxygen atoms in total. The molecule has 3 aromatic carbocycles. The lowest BCUT2D eigenvalue weighted by Crippen LogP contribution is -2.25. The number of amides is 1. The van der Waals surface area contributed by atoms with Crippen molar-refractivity contribution in [1.82, 2.24) is 14.9 Å². The Morgan fingerprint density at radius 2 is 1.62 bits per heavy atom.